The monoisotopic (exact) mass is 362 g/mol. The van der Waals surface area contributed by atoms with Crippen molar-refractivity contribution in [3.63, 3.8) is 0 Å². The SMILES string of the molecule is CCC(C)C(NC(=O)CN1CCCC1c1ccc(OC)cc1)C(=O)OC. The van der Waals surface area contributed by atoms with E-state index in [1.807, 2.05) is 26.0 Å². The van der Waals surface area contributed by atoms with Crippen molar-refractivity contribution >= 4 is 11.9 Å². The Kier molecular flexibility index (Phi) is 7.45. The fraction of sp³-hybridized carbons (Fsp3) is 0.600. The fourth-order valence-corrected chi connectivity index (χ4v) is 3.42. The van der Waals surface area contributed by atoms with Crippen LogP contribution in [-0.2, 0) is 14.3 Å². The minimum absolute atomic E-state index is 0.0300. The lowest BCUT2D eigenvalue weighted by Crippen LogP contribution is -2.48. The molecular weight excluding hydrogens is 332 g/mol. The molecule has 1 aliphatic rings. The molecule has 26 heavy (non-hydrogen) atoms. The van der Waals surface area contributed by atoms with Crippen LogP contribution in [0.5, 0.6) is 5.75 Å². The molecule has 3 unspecified atom stereocenters. The van der Waals surface area contributed by atoms with Crippen LogP contribution < -0.4 is 10.1 Å². The quantitative estimate of drug-likeness (QED) is 0.720. The van der Waals surface area contributed by atoms with Crippen LogP contribution in [-0.4, -0.2) is 50.1 Å². The lowest BCUT2D eigenvalue weighted by Gasteiger charge is -2.27. The Bertz CT molecular complexity index is 602. The van der Waals surface area contributed by atoms with Gasteiger partial charge in [0.25, 0.3) is 0 Å². The maximum absolute atomic E-state index is 12.5. The molecule has 6 nitrogen and oxygen atoms in total. The largest absolute Gasteiger partial charge is 0.497 e. The number of likely N-dealkylation sites (tertiary alicyclic amines) is 1. The van der Waals surface area contributed by atoms with Gasteiger partial charge in [-0.3, -0.25) is 9.69 Å². The van der Waals surface area contributed by atoms with Gasteiger partial charge in [-0.1, -0.05) is 32.4 Å². The van der Waals surface area contributed by atoms with E-state index in [1.54, 1.807) is 7.11 Å². The first-order valence-corrected chi connectivity index (χ1v) is 9.25. The van der Waals surface area contributed by atoms with Crippen molar-refractivity contribution in [2.24, 2.45) is 5.92 Å². The molecule has 1 fully saturated rings. The van der Waals surface area contributed by atoms with E-state index in [-0.39, 0.29) is 30.4 Å². The van der Waals surface area contributed by atoms with E-state index < -0.39 is 6.04 Å². The van der Waals surface area contributed by atoms with Gasteiger partial charge >= 0.3 is 5.97 Å². The summed E-state index contributed by atoms with van der Waals surface area (Å²) in [5, 5.41) is 2.86. The van der Waals surface area contributed by atoms with Gasteiger partial charge in [0, 0.05) is 6.04 Å². The number of methoxy groups -OCH3 is 2. The van der Waals surface area contributed by atoms with Crippen molar-refractivity contribution in [3.8, 4) is 5.75 Å². The molecule has 1 saturated heterocycles. The van der Waals surface area contributed by atoms with E-state index in [0.717, 1.165) is 31.6 Å². The second-order valence-electron chi connectivity index (χ2n) is 6.86. The summed E-state index contributed by atoms with van der Waals surface area (Å²) in [6, 6.07) is 7.61. The van der Waals surface area contributed by atoms with E-state index in [9.17, 15) is 9.59 Å². The average Bonchev–Trinajstić information content (AvgIpc) is 3.12. The van der Waals surface area contributed by atoms with Gasteiger partial charge in [-0.2, -0.15) is 0 Å². The van der Waals surface area contributed by atoms with E-state index in [2.05, 4.69) is 22.3 Å². The smallest absolute Gasteiger partial charge is 0.328 e. The van der Waals surface area contributed by atoms with Crippen LogP contribution in [0.25, 0.3) is 0 Å². The lowest BCUT2D eigenvalue weighted by molar-refractivity contribution is -0.146. The molecule has 1 aromatic rings. The molecule has 1 aliphatic heterocycles. The zero-order chi connectivity index (χ0) is 19.1. The van der Waals surface area contributed by atoms with Crippen LogP contribution in [0.15, 0.2) is 24.3 Å². The van der Waals surface area contributed by atoms with Crippen molar-refractivity contribution in [2.75, 3.05) is 27.3 Å². The van der Waals surface area contributed by atoms with Gasteiger partial charge in [0.05, 0.1) is 20.8 Å². The summed E-state index contributed by atoms with van der Waals surface area (Å²) < 4.78 is 10.1. The molecule has 6 heteroatoms. The predicted molar refractivity (Wildman–Crippen MR) is 99.9 cm³/mol. The molecule has 0 saturated carbocycles. The molecule has 1 amide bonds. The van der Waals surface area contributed by atoms with Crippen LogP contribution in [0, 0.1) is 5.92 Å². The molecule has 1 aromatic carbocycles. The normalized spacial score (nSPS) is 19.6. The van der Waals surface area contributed by atoms with E-state index in [1.165, 1.54) is 12.7 Å². The standard InChI is InChI=1S/C20H30N2O4/c1-5-14(2)19(20(24)26-4)21-18(23)13-22-12-6-7-17(22)15-8-10-16(25-3)11-9-15/h8-11,14,17,19H,5-7,12-13H2,1-4H3,(H,21,23). The second kappa shape index (κ2) is 9.57. The molecule has 0 bridgehead atoms. The molecule has 144 valence electrons. The molecule has 3 atom stereocenters. The van der Waals surface area contributed by atoms with Gasteiger partial charge in [-0.05, 0) is 43.0 Å². The highest BCUT2D eigenvalue weighted by Crippen LogP contribution is 2.32. The highest BCUT2D eigenvalue weighted by atomic mass is 16.5. The van der Waals surface area contributed by atoms with Gasteiger partial charge in [-0.25, -0.2) is 4.79 Å². The number of hydrogen-bond donors (Lipinski definition) is 1. The maximum atomic E-state index is 12.5. The van der Waals surface area contributed by atoms with E-state index >= 15 is 0 Å². The predicted octanol–water partition coefficient (Wildman–Crippen LogP) is 2.54. The average molecular weight is 362 g/mol. The van der Waals surface area contributed by atoms with Gasteiger partial charge in [0.2, 0.25) is 5.91 Å². The fourth-order valence-electron chi connectivity index (χ4n) is 3.42. The summed E-state index contributed by atoms with van der Waals surface area (Å²) in [7, 11) is 3.00. The molecule has 1 N–H and O–H groups in total. The van der Waals surface area contributed by atoms with Crippen LogP contribution >= 0.6 is 0 Å². The van der Waals surface area contributed by atoms with Crippen molar-refractivity contribution in [1.82, 2.24) is 10.2 Å². The first-order chi connectivity index (χ1) is 12.5. The molecule has 0 spiro atoms. The number of ether oxygens (including phenoxy) is 2. The Labute approximate surface area is 155 Å². The first kappa shape index (κ1) is 20.2. The maximum Gasteiger partial charge on any atom is 0.328 e. The number of carbonyl (C=O) groups excluding carboxylic acids is 2. The van der Waals surface area contributed by atoms with Crippen molar-refractivity contribution < 1.29 is 19.1 Å². The molecule has 1 heterocycles. The first-order valence-electron chi connectivity index (χ1n) is 9.25. The van der Waals surface area contributed by atoms with Crippen LogP contribution in [0.3, 0.4) is 0 Å². The third-order valence-corrected chi connectivity index (χ3v) is 5.20. The number of nitrogens with one attached hydrogen (secondary N) is 1. The minimum atomic E-state index is -0.598. The Hall–Kier alpha value is -2.08. The van der Waals surface area contributed by atoms with Gasteiger partial charge in [0.1, 0.15) is 11.8 Å². The minimum Gasteiger partial charge on any atom is -0.497 e. The highest BCUT2D eigenvalue weighted by molar-refractivity contribution is 5.85. The highest BCUT2D eigenvalue weighted by Gasteiger charge is 2.31. The van der Waals surface area contributed by atoms with E-state index in [0.29, 0.717) is 0 Å². The number of rotatable bonds is 8. The van der Waals surface area contributed by atoms with Crippen molar-refractivity contribution in [3.05, 3.63) is 29.8 Å². The topological polar surface area (TPSA) is 67.9 Å². The number of carbonyl (C=O) groups is 2. The zero-order valence-corrected chi connectivity index (χ0v) is 16.2. The number of nitrogens with zero attached hydrogens (tertiary/aromatic N) is 1. The number of benzene rings is 1. The Morgan fingerprint density at radius 3 is 2.54 bits per heavy atom. The summed E-state index contributed by atoms with van der Waals surface area (Å²) in [4.78, 5) is 26.7. The Morgan fingerprint density at radius 2 is 1.96 bits per heavy atom. The number of esters is 1. The molecule has 0 aromatic heterocycles. The summed E-state index contributed by atoms with van der Waals surface area (Å²) in [5.41, 5.74) is 1.18. The van der Waals surface area contributed by atoms with Crippen LogP contribution in [0.4, 0.5) is 0 Å². The Morgan fingerprint density at radius 1 is 1.27 bits per heavy atom. The third-order valence-electron chi connectivity index (χ3n) is 5.20. The Balaban J connectivity index is 2.00. The summed E-state index contributed by atoms with van der Waals surface area (Å²) in [6.45, 7) is 5.09. The van der Waals surface area contributed by atoms with Gasteiger partial charge in [-0.15, -0.1) is 0 Å². The van der Waals surface area contributed by atoms with Crippen LogP contribution in [0.2, 0.25) is 0 Å². The summed E-state index contributed by atoms with van der Waals surface area (Å²) >= 11 is 0. The zero-order valence-electron chi connectivity index (χ0n) is 16.2. The van der Waals surface area contributed by atoms with Crippen molar-refractivity contribution in [1.29, 1.82) is 0 Å². The molecule has 0 aliphatic carbocycles. The summed E-state index contributed by atoms with van der Waals surface area (Å²) in [6.07, 6.45) is 2.86. The summed E-state index contributed by atoms with van der Waals surface area (Å²) in [5.74, 6) is 0.329. The molecule has 0 radical (unpaired) electrons. The van der Waals surface area contributed by atoms with Crippen molar-refractivity contribution in [2.45, 2.75) is 45.2 Å². The number of amides is 1. The lowest BCUT2D eigenvalue weighted by atomic mass is 9.99. The molecule has 2 rings (SSSR count). The van der Waals surface area contributed by atoms with Gasteiger partial charge < -0.3 is 14.8 Å². The van der Waals surface area contributed by atoms with Crippen LogP contribution in [0.1, 0.15) is 44.7 Å². The van der Waals surface area contributed by atoms with E-state index in [4.69, 9.17) is 9.47 Å². The molecular formula is C20H30N2O4. The van der Waals surface area contributed by atoms with Gasteiger partial charge in [0.15, 0.2) is 0 Å². The number of hydrogen-bond acceptors (Lipinski definition) is 5. The third kappa shape index (κ3) is 4.97. The second-order valence-corrected chi connectivity index (χ2v) is 6.86.